The third kappa shape index (κ3) is 8.69. The van der Waals surface area contributed by atoms with Crippen molar-refractivity contribution in [2.45, 2.75) is 25.8 Å². The van der Waals surface area contributed by atoms with Gasteiger partial charge in [0.15, 0.2) is 6.61 Å². The van der Waals surface area contributed by atoms with Crippen LogP contribution in [-0.4, -0.2) is 40.4 Å². The number of halogens is 3. The lowest BCUT2D eigenvalue weighted by molar-refractivity contribution is -0.154. The number of urea groups is 1. The number of alkyl halides is 3. The predicted octanol–water partition coefficient (Wildman–Crippen LogP) is 4.96. The van der Waals surface area contributed by atoms with Crippen molar-refractivity contribution in [3.63, 3.8) is 0 Å². The van der Waals surface area contributed by atoms with Crippen LogP contribution in [0.1, 0.15) is 16.7 Å². The zero-order chi connectivity index (χ0) is 29.4. The topological polar surface area (TPSA) is 137 Å². The lowest BCUT2D eigenvalue weighted by Crippen LogP contribution is -2.28. The number of nitrogens with zero attached hydrogens (tertiary/aromatic N) is 3. The zero-order valence-corrected chi connectivity index (χ0v) is 22.3. The van der Waals surface area contributed by atoms with Crippen molar-refractivity contribution in [3.05, 3.63) is 89.5 Å². The number of fused-ring (bicyclic) bond motifs is 2. The minimum absolute atomic E-state index is 0.00212. The lowest BCUT2D eigenvalue weighted by atomic mass is 10.1. The summed E-state index contributed by atoms with van der Waals surface area (Å²) >= 11 is 0. The number of carbonyl (C=O) groups excluding carboxylic acids is 1. The van der Waals surface area contributed by atoms with Gasteiger partial charge >= 0.3 is 18.2 Å². The Bertz CT molecular complexity index is 1500. The van der Waals surface area contributed by atoms with Gasteiger partial charge in [-0.25, -0.2) is 4.79 Å². The smallest absolute Gasteiger partial charge is 0.422 e. The fourth-order valence-electron chi connectivity index (χ4n) is 3.93. The molecule has 4 heterocycles. The molecule has 14 heteroatoms. The van der Waals surface area contributed by atoms with Crippen molar-refractivity contribution < 1.29 is 22.7 Å². The molecule has 0 atom stereocenters. The van der Waals surface area contributed by atoms with E-state index in [9.17, 15) is 18.0 Å². The van der Waals surface area contributed by atoms with E-state index in [1.54, 1.807) is 30.3 Å². The van der Waals surface area contributed by atoms with E-state index >= 15 is 0 Å². The van der Waals surface area contributed by atoms with Gasteiger partial charge in [0.05, 0.1) is 6.67 Å². The van der Waals surface area contributed by atoms with E-state index in [-0.39, 0.29) is 24.5 Å². The summed E-state index contributed by atoms with van der Waals surface area (Å²) in [7, 11) is 0. The largest absolute Gasteiger partial charge is 0.454 e. The summed E-state index contributed by atoms with van der Waals surface area (Å²) < 4.78 is 43.1. The zero-order valence-electron chi connectivity index (χ0n) is 22.3. The number of rotatable bonds is 2. The number of aromatic nitrogens is 3. The Morgan fingerprint density at radius 2 is 1.33 bits per heavy atom. The van der Waals surface area contributed by atoms with Crippen LogP contribution in [0.4, 0.5) is 46.9 Å². The van der Waals surface area contributed by atoms with Gasteiger partial charge in [0.2, 0.25) is 11.9 Å². The average Bonchev–Trinajstić information content (AvgIpc) is 2.97. The minimum Gasteiger partial charge on any atom is -0.454 e. The fourth-order valence-corrected chi connectivity index (χ4v) is 3.93. The van der Waals surface area contributed by atoms with Gasteiger partial charge in [0, 0.05) is 36.7 Å². The molecule has 0 fully saturated rings. The van der Waals surface area contributed by atoms with Gasteiger partial charge in [-0.05, 0) is 47.0 Å². The van der Waals surface area contributed by atoms with Crippen LogP contribution in [0.25, 0.3) is 0 Å². The first-order valence-electron chi connectivity index (χ1n) is 13.0. The van der Waals surface area contributed by atoms with E-state index in [2.05, 4.69) is 46.9 Å². The van der Waals surface area contributed by atoms with Crippen LogP contribution in [0.2, 0.25) is 0 Å². The molecule has 42 heavy (non-hydrogen) atoms. The first kappa shape index (κ1) is 28.4. The van der Waals surface area contributed by atoms with Gasteiger partial charge in [0.1, 0.15) is 0 Å². The third-order valence-electron chi connectivity index (χ3n) is 5.98. The number of hydrogen-bond donors (Lipinski definition) is 6. The Balaban J connectivity index is 1.36. The molecule has 0 radical (unpaired) electrons. The molecule has 6 N–H and O–H groups in total. The molecular weight excluding hydrogens is 551 g/mol. The molecule has 3 aromatic carbocycles. The summed E-state index contributed by atoms with van der Waals surface area (Å²) in [5.74, 6) is 0.0419. The second kappa shape index (κ2) is 13.0. The highest BCUT2D eigenvalue weighted by Crippen LogP contribution is 2.21. The van der Waals surface area contributed by atoms with Crippen LogP contribution >= 0.6 is 0 Å². The molecule has 0 spiro atoms. The SMILES string of the molecule is O=C1NCc2ccc(cc2)Nc2nc(nc(OCC(F)(F)F)n2)NCc2ccc(cc2)CNCNc2cccc(c2)N1. The highest BCUT2D eigenvalue weighted by molar-refractivity contribution is 5.89. The molecule has 3 aliphatic heterocycles. The van der Waals surface area contributed by atoms with Crippen molar-refractivity contribution in [2.75, 3.05) is 34.5 Å². The van der Waals surface area contributed by atoms with Gasteiger partial charge in [-0.3, -0.25) is 5.32 Å². The van der Waals surface area contributed by atoms with E-state index in [1.807, 2.05) is 42.5 Å². The van der Waals surface area contributed by atoms with Crippen LogP contribution in [0.5, 0.6) is 6.01 Å². The monoisotopic (exact) mass is 579 g/mol. The van der Waals surface area contributed by atoms with E-state index in [1.165, 1.54) is 0 Å². The average molecular weight is 580 g/mol. The summed E-state index contributed by atoms with van der Waals surface area (Å²) in [5, 5.41) is 18.2. The third-order valence-corrected chi connectivity index (χ3v) is 5.98. The number of ether oxygens (including phenoxy) is 1. The molecule has 0 aliphatic carbocycles. The fraction of sp³-hybridized carbons (Fsp3) is 0.214. The van der Waals surface area contributed by atoms with E-state index in [4.69, 9.17) is 4.74 Å². The number of nitrogens with one attached hydrogen (secondary N) is 6. The summed E-state index contributed by atoms with van der Waals surface area (Å²) in [4.78, 5) is 24.7. The molecule has 0 saturated heterocycles. The number of carbonyl (C=O) groups is 1. The number of hydrogen-bond acceptors (Lipinski definition) is 9. The minimum atomic E-state index is -4.55. The highest BCUT2D eigenvalue weighted by Gasteiger charge is 2.29. The second-order valence-electron chi connectivity index (χ2n) is 9.33. The van der Waals surface area contributed by atoms with Crippen molar-refractivity contribution in [2.24, 2.45) is 0 Å². The van der Waals surface area contributed by atoms with Crippen molar-refractivity contribution in [1.82, 2.24) is 25.6 Å². The first-order valence-corrected chi connectivity index (χ1v) is 13.0. The van der Waals surface area contributed by atoms with E-state index in [0.717, 1.165) is 22.4 Å². The van der Waals surface area contributed by atoms with Gasteiger partial charge in [-0.2, -0.15) is 28.1 Å². The van der Waals surface area contributed by atoms with Crippen molar-refractivity contribution >= 4 is 35.0 Å². The number of anilines is 5. The van der Waals surface area contributed by atoms with Gasteiger partial charge in [-0.15, -0.1) is 0 Å². The van der Waals surface area contributed by atoms with E-state index in [0.29, 0.717) is 31.1 Å². The molecule has 1 aromatic heterocycles. The van der Waals surface area contributed by atoms with Gasteiger partial charge in [0.25, 0.3) is 0 Å². The van der Waals surface area contributed by atoms with Crippen LogP contribution in [0, 0.1) is 0 Å². The summed E-state index contributed by atoms with van der Waals surface area (Å²) in [6.07, 6.45) is -4.55. The molecule has 7 rings (SSSR count). The molecule has 218 valence electrons. The Hall–Kier alpha value is -5.11. The van der Waals surface area contributed by atoms with E-state index < -0.39 is 18.8 Å². The molecule has 2 amide bonds. The standard InChI is InChI=1S/C28H28F3N9O2/c29-28(30,31)16-42-27-39-24-33-14-19-6-4-18(5-7-19)13-32-17-35-22-2-1-3-23(12-22)37-26(41)34-15-20-8-10-21(11-9-20)36-25(38-24)40-27/h1-12,32,35H,13-17H2,(H2,34,37,41)(H2,33,36,38,39,40). The molecular formula is C28H28F3N9O2. The lowest BCUT2D eigenvalue weighted by Gasteiger charge is -2.12. The summed E-state index contributed by atoms with van der Waals surface area (Å²) in [6.45, 7) is 0.166. The highest BCUT2D eigenvalue weighted by atomic mass is 19.4. The van der Waals surface area contributed by atoms with Crippen LogP contribution in [-0.2, 0) is 19.6 Å². The summed E-state index contributed by atoms with van der Waals surface area (Å²) in [5.41, 5.74) is 4.85. The maximum absolute atomic E-state index is 12.8. The molecule has 4 aromatic rings. The van der Waals surface area contributed by atoms with Crippen LogP contribution in [0.3, 0.4) is 0 Å². The van der Waals surface area contributed by atoms with Crippen molar-refractivity contribution in [3.8, 4) is 6.01 Å². The normalized spacial score (nSPS) is 14.2. The summed E-state index contributed by atoms with van der Waals surface area (Å²) in [6, 6.07) is 21.4. The molecule has 0 saturated carbocycles. The quantitative estimate of drug-likeness (QED) is 0.195. The Morgan fingerprint density at radius 3 is 2.07 bits per heavy atom. The maximum Gasteiger partial charge on any atom is 0.422 e. The van der Waals surface area contributed by atoms with Crippen LogP contribution < -0.4 is 36.6 Å². The number of benzene rings is 3. The molecule has 11 nitrogen and oxygen atoms in total. The number of amides is 2. The molecule has 3 aliphatic rings. The maximum atomic E-state index is 12.8. The van der Waals surface area contributed by atoms with Crippen LogP contribution in [0.15, 0.2) is 72.8 Å². The van der Waals surface area contributed by atoms with Gasteiger partial charge in [-0.1, -0.05) is 42.5 Å². The second-order valence-corrected chi connectivity index (χ2v) is 9.33. The van der Waals surface area contributed by atoms with Crippen molar-refractivity contribution in [1.29, 1.82) is 0 Å². The molecule has 8 bridgehead atoms. The Labute approximate surface area is 239 Å². The Kier molecular flexibility index (Phi) is 8.82. The Morgan fingerprint density at radius 1 is 0.690 bits per heavy atom. The molecule has 0 unspecified atom stereocenters. The predicted molar refractivity (Wildman–Crippen MR) is 153 cm³/mol. The van der Waals surface area contributed by atoms with Gasteiger partial charge < -0.3 is 31.3 Å². The first-order chi connectivity index (χ1) is 20.3.